The van der Waals surface area contributed by atoms with E-state index in [2.05, 4.69) is 12.2 Å². The van der Waals surface area contributed by atoms with Gasteiger partial charge in [0.2, 0.25) is 0 Å². The average molecular weight is 277 g/mol. The summed E-state index contributed by atoms with van der Waals surface area (Å²) in [5, 5.41) is 13.8. The van der Waals surface area contributed by atoms with E-state index in [1.807, 2.05) is 0 Å². The van der Waals surface area contributed by atoms with Crippen molar-refractivity contribution < 1.29 is 9.72 Å². The average Bonchev–Trinajstić information content (AvgIpc) is 2.94. The van der Waals surface area contributed by atoms with Gasteiger partial charge in [-0.05, 0) is 18.4 Å². The van der Waals surface area contributed by atoms with Crippen LogP contribution in [0.1, 0.15) is 30.1 Å². The van der Waals surface area contributed by atoms with Gasteiger partial charge in [-0.15, -0.1) is 0 Å². The molecule has 6 heteroatoms. The van der Waals surface area contributed by atoms with E-state index in [1.54, 1.807) is 24.1 Å². The van der Waals surface area contributed by atoms with Crippen molar-refractivity contribution in [1.82, 2.24) is 4.90 Å². The number of carbonyl (C=O) groups is 1. The number of nitro benzene ring substituents is 1. The lowest BCUT2D eigenvalue weighted by atomic mass is 10.1. The van der Waals surface area contributed by atoms with Gasteiger partial charge in [0, 0.05) is 26.2 Å². The highest BCUT2D eigenvalue weighted by atomic mass is 16.6. The summed E-state index contributed by atoms with van der Waals surface area (Å²) in [6, 6.07) is 4.60. The van der Waals surface area contributed by atoms with Crippen molar-refractivity contribution in [3.63, 3.8) is 0 Å². The highest BCUT2D eigenvalue weighted by molar-refractivity contribution is 6.01. The maximum absolute atomic E-state index is 12.5. The predicted molar refractivity (Wildman–Crippen MR) is 76.9 cm³/mol. The number of anilines is 1. The fourth-order valence-electron chi connectivity index (χ4n) is 2.65. The molecule has 0 bridgehead atoms. The van der Waals surface area contributed by atoms with Crippen LogP contribution in [0.25, 0.3) is 0 Å². The highest BCUT2D eigenvalue weighted by Gasteiger charge is 2.29. The molecular weight excluding hydrogens is 258 g/mol. The Bertz CT molecular complexity index is 530. The van der Waals surface area contributed by atoms with Gasteiger partial charge in [-0.3, -0.25) is 14.9 Å². The molecule has 0 spiro atoms. The largest absolute Gasteiger partial charge is 0.382 e. The zero-order valence-corrected chi connectivity index (χ0v) is 11.8. The second-order valence-corrected chi connectivity index (χ2v) is 5.02. The molecule has 1 N–H and O–H groups in total. The number of amides is 1. The Morgan fingerprint density at radius 2 is 2.30 bits per heavy atom. The van der Waals surface area contributed by atoms with Crippen LogP contribution in [0.5, 0.6) is 0 Å². The second-order valence-electron chi connectivity index (χ2n) is 5.02. The number of para-hydroxylation sites is 1. The number of hydrogen-bond donors (Lipinski definition) is 1. The molecule has 1 unspecified atom stereocenters. The molecule has 1 saturated heterocycles. The minimum atomic E-state index is -0.471. The normalized spacial score (nSPS) is 18.1. The molecule has 20 heavy (non-hydrogen) atoms. The van der Waals surface area contributed by atoms with Gasteiger partial charge in [0.15, 0.2) is 0 Å². The van der Waals surface area contributed by atoms with Crippen molar-refractivity contribution >= 4 is 17.3 Å². The summed E-state index contributed by atoms with van der Waals surface area (Å²) in [5.74, 6) is 0.407. The molecule has 1 fully saturated rings. The SMILES string of the molecule is CCC1CCN(C(=O)c2cccc([N+](=O)[O-])c2NC)C1. The summed E-state index contributed by atoms with van der Waals surface area (Å²) in [5.41, 5.74) is 0.602. The maximum atomic E-state index is 12.5. The van der Waals surface area contributed by atoms with Gasteiger partial charge in [0.25, 0.3) is 11.6 Å². The zero-order chi connectivity index (χ0) is 14.7. The van der Waals surface area contributed by atoms with Crippen LogP contribution >= 0.6 is 0 Å². The molecule has 0 saturated carbocycles. The first-order chi connectivity index (χ1) is 9.58. The quantitative estimate of drug-likeness (QED) is 0.677. The predicted octanol–water partition coefficient (Wildman–Crippen LogP) is 2.51. The third kappa shape index (κ3) is 2.59. The number of nitro groups is 1. The Morgan fingerprint density at radius 3 is 2.85 bits per heavy atom. The molecule has 1 atom stereocenters. The monoisotopic (exact) mass is 277 g/mol. The van der Waals surface area contributed by atoms with E-state index in [1.165, 1.54) is 6.07 Å². The van der Waals surface area contributed by atoms with E-state index in [0.29, 0.717) is 17.2 Å². The fourth-order valence-corrected chi connectivity index (χ4v) is 2.65. The van der Waals surface area contributed by atoms with Crippen molar-refractivity contribution in [2.75, 3.05) is 25.5 Å². The molecule has 0 radical (unpaired) electrons. The number of nitrogens with zero attached hydrogens (tertiary/aromatic N) is 2. The Labute approximate surface area is 117 Å². The lowest BCUT2D eigenvalue weighted by molar-refractivity contribution is -0.384. The first-order valence-corrected chi connectivity index (χ1v) is 6.82. The first kappa shape index (κ1) is 14.3. The van der Waals surface area contributed by atoms with Crippen molar-refractivity contribution in [3.05, 3.63) is 33.9 Å². The third-order valence-electron chi connectivity index (χ3n) is 3.87. The molecule has 2 rings (SSSR count). The fraction of sp³-hybridized carbons (Fsp3) is 0.500. The van der Waals surface area contributed by atoms with Crippen molar-refractivity contribution in [1.29, 1.82) is 0 Å². The summed E-state index contributed by atoms with van der Waals surface area (Å²) < 4.78 is 0. The molecule has 1 aromatic carbocycles. The van der Waals surface area contributed by atoms with Crippen LogP contribution in [0, 0.1) is 16.0 Å². The standard InChI is InChI=1S/C14H19N3O3/c1-3-10-7-8-16(9-10)14(18)11-5-4-6-12(17(19)20)13(11)15-2/h4-6,10,15H,3,7-9H2,1-2H3. The highest BCUT2D eigenvalue weighted by Crippen LogP contribution is 2.30. The first-order valence-electron chi connectivity index (χ1n) is 6.82. The van der Waals surface area contributed by atoms with Crippen LogP contribution in [-0.2, 0) is 0 Å². The van der Waals surface area contributed by atoms with Crippen LogP contribution < -0.4 is 5.32 Å². The molecule has 1 amide bonds. The van der Waals surface area contributed by atoms with E-state index in [4.69, 9.17) is 0 Å². The van der Waals surface area contributed by atoms with Gasteiger partial charge in [0.05, 0.1) is 10.5 Å². The van der Waals surface area contributed by atoms with Gasteiger partial charge in [0.1, 0.15) is 5.69 Å². The van der Waals surface area contributed by atoms with Crippen LogP contribution in [-0.4, -0.2) is 35.9 Å². The molecule has 0 aliphatic carbocycles. The lowest BCUT2D eigenvalue weighted by Crippen LogP contribution is -2.29. The molecule has 0 aromatic heterocycles. The lowest BCUT2D eigenvalue weighted by Gasteiger charge is -2.18. The summed E-state index contributed by atoms with van der Waals surface area (Å²) in [4.78, 5) is 24.9. The molecule has 1 aliphatic heterocycles. The number of nitrogens with one attached hydrogen (secondary N) is 1. The molecule has 6 nitrogen and oxygen atoms in total. The number of hydrogen-bond acceptors (Lipinski definition) is 4. The van der Waals surface area contributed by atoms with Crippen molar-refractivity contribution in [3.8, 4) is 0 Å². The van der Waals surface area contributed by atoms with Gasteiger partial charge in [-0.2, -0.15) is 0 Å². The summed E-state index contributed by atoms with van der Waals surface area (Å²) in [7, 11) is 1.60. The number of benzene rings is 1. The van der Waals surface area contributed by atoms with Crippen molar-refractivity contribution in [2.45, 2.75) is 19.8 Å². The van der Waals surface area contributed by atoms with E-state index < -0.39 is 4.92 Å². The van der Waals surface area contributed by atoms with E-state index in [9.17, 15) is 14.9 Å². The summed E-state index contributed by atoms with van der Waals surface area (Å²) in [6.07, 6.45) is 2.06. The van der Waals surface area contributed by atoms with Crippen LogP contribution in [0.15, 0.2) is 18.2 Å². The maximum Gasteiger partial charge on any atom is 0.293 e. The molecule has 1 heterocycles. The number of carbonyl (C=O) groups excluding carboxylic acids is 1. The molecule has 1 aromatic rings. The van der Waals surface area contributed by atoms with E-state index in [-0.39, 0.29) is 11.6 Å². The van der Waals surface area contributed by atoms with Crippen molar-refractivity contribution in [2.24, 2.45) is 5.92 Å². The number of likely N-dealkylation sites (tertiary alicyclic amines) is 1. The van der Waals surface area contributed by atoms with E-state index in [0.717, 1.165) is 25.9 Å². The molecule has 1 aliphatic rings. The van der Waals surface area contributed by atoms with Crippen LogP contribution in [0.3, 0.4) is 0 Å². The van der Waals surface area contributed by atoms with Gasteiger partial charge in [-0.1, -0.05) is 19.4 Å². The number of rotatable bonds is 4. The smallest absolute Gasteiger partial charge is 0.293 e. The van der Waals surface area contributed by atoms with Gasteiger partial charge < -0.3 is 10.2 Å². The van der Waals surface area contributed by atoms with Gasteiger partial charge in [-0.25, -0.2) is 0 Å². The van der Waals surface area contributed by atoms with Crippen LogP contribution in [0.2, 0.25) is 0 Å². The topological polar surface area (TPSA) is 75.5 Å². The molecule has 108 valence electrons. The zero-order valence-electron chi connectivity index (χ0n) is 11.8. The Morgan fingerprint density at radius 1 is 1.55 bits per heavy atom. The third-order valence-corrected chi connectivity index (χ3v) is 3.87. The minimum absolute atomic E-state index is 0.0652. The van der Waals surface area contributed by atoms with E-state index >= 15 is 0 Å². The Kier molecular flexibility index (Phi) is 4.22. The van der Waals surface area contributed by atoms with Gasteiger partial charge >= 0.3 is 0 Å². The summed E-state index contributed by atoms with van der Waals surface area (Å²) >= 11 is 0. The Hall–Kier alpha value is -2.11. The Balaban J connectivity index is 2.31. The second kappa shape index (κ2) is 5.90. The summed E-state index contributed by atoms with van der Waals surface area (Å²) in [6.45, 7) is 3.58. The van der Waals surface area contributed by atoms with Crippen LogP contribution in [0.4, 0.5) is 11.4 Å². The molecular formula is C14H19N3O3. The minimum Gasteiger partial charge on any atom is -0.382 e.